The highest BCUT2D eigenvalue weighted by molar-refractivity contribution is 5.95. The molecule has 130 valence electrons. The average Bonchev–Trinajstić information content (AvgIpc) is 2.58. The molecule has 0 unspecified atom stereocenters. The number of amides is 2. The molecular formula is C16H14F2N4O3. The van der Waals surface area contributed by atoms with E-state index < -0.39 is 11.6 Å². The number of nitrogens with zero attached hydrogens (tertiary/aromatic N) is 3. The lowest BCUT2D eigenvalue weighted by molar-refractivity contribution is 0.245. The Morgan fingerprint density at radius 3 is 2.84 bits per heavy atom. The van der Waals surface area contributed by atoms with Gasteiger partial charge in [-0.1, -0.05) is 6.58 Å². The maximum absolute atomic E-state index is 13.7. The van der Waals surface area contributed by atoms with E-state index in [1.54, 1.807) is 0 Å². The number of halogens is 2. The Morgan fingerprint density at radius 1 is 1.36 bits per heavy atom. The van der Waals surface area contributed by atoms with Crippen LogP contribution >= 0.6 is 0 Å². The van der Waals surface area contributed by atoms with Crippen LogP contribution in [0.2, 0.25) is 0 Å². The fourth-order valence-electron chi connectivity index (χ4n) is 2.24. The second-order valence-corrected chi connectivity index (χ2v) is 5.16. The quantitative estimate of drug-likeness (QED) is 0.919. The predicted molar refractivity (Wildman–Crippen MR) is 84.7 cm³/mol. The highest BCUT2D eigenvalue weighted by Crippen LogP contribution is 2.30. The lowest BCUT2D eigenvalue weighted by Gasteiger charge is -2.28. The molecule has 25 heavy (non-hydrogen) atoms. The van der Waals surface area contributed by atoms with Gasteiger partial charge in [0.05, 0.1) is 13.3 Å². The molecule has 2 aromatic rings. The van der Waals surface area contributed by atoms with Crippen LogP contribution < -0.4 is 19.7 Å². The summed E-state index contributed by atoms with van der Waals surface area (Å²) in [7, 11) is 1.37. The van der Waals surface area contributed by atoms with E-state index in [0.717, 1.165) is 12.1 Å². The summed E-state index contributed by atoms with van der Waals surface area (Å²) in [6, 6.07) is 2.28. The van der Waals surface area contributed by atoms with Crippen LogP contribution in [0.4, 0.5) is 19.3 Å². The number of aromatic nitrogens is 2. The van der Waals surface area contributed by atoms with Crippen LogP contribution in [0.25, 0.3) is 0 Å². The number of urea groups is 1. The molecule has 1 aromatic heterocycles. The minimum Gasteiger partial charge on any atom is -0.479 e. The zero-order chi connectivity index (χ0) is 18.0. The lowest BCUT2D eigenvalue weighted by atomic mass is 10.2. The molecule has 1 fully saturated rings. The molecule has 2 heterocycles. The first-order chi connectivity index (χ1) is 12.0. The molecule has 0 bridgehead atoms. The van der Waals surface area contributed by atoms with E-state index in [1.807, 2.05) is 0 Å². The number of carbonyl (C=O) groups excluding carboxylic acids is 1. The zero-order valence-corrected chi connectivity index (χ0v) is 13.3. The lowest BCUT2D eigenvalue weighted by Crippen LogP contribution is -2.45. The number of hydrogen-bond acceptors (Lipinski definition) is 5. The number of anilines is 1. The first-order valence-corrected chi connectivity index (χ1v) is 7.28. The highest BCUT2D eigenvalue weighted by Gasteiger charge is 2.25. The van der Waals surface area contributed by atoms with Crippen molar-refractivity contribution in [1.82, 2.24) is 15.3 Å². The first-order valence-electron chi connectivity index (χ1n) is 7.28. The summed E-state index contributed by atoms with van der Waals surface area (Å²) in [6.45, 7) is 4.09. The van der Waals surface area contributed by atoms with Crippen LogP contribution in [0.5, 0.6) is 17.6 Å². The van der Waals surface area contributed by atoms with Crippen LogP contribution in [0.15, 0.2) is 36.7 Å². The summed E-state index contributed by atoms with van der Waals surface area (Å²) in [4.78, 5) is 21.4. The molecule has 1 aliphatic heterocycles. The van der Waals surface area contributed by atoms with Crippen LogP contribution in [-0.4, -0.2) is 29.7 Å². The standard InChI is InChI=1S/C16H14F2N4O3/c1-9-5-6-22(16(23)20-9)12-8-19-15(21-14(12)24-2)25-13-4-3-10(17)7-11(13)18/h3-4,7-8H,1,5-6H2,2H3,(H,20,23). The summed E-state index contributed by atoms with van der Waals surface area (Å²) in [5.74, 6) is -1.77. The molecule has 1 aromatic carbocycles. The molecule has 0 atom stereocenters. The Hall–Kier alpha value is -3.23. The van der Waals surface area contributed by atoms with Crippen molar-refractivity contribution in [3.63, 3.8) is 0 Å². The summed E-state index contributed by atoms with van der Waals surface area (Å²) < 4.78 is 37.0. The van der Waals surface area contributed by atoms with Crippen molar-refractivity contribution in [3.8, 4) is 17.6 Å². The van der Waals surface area contributed by atoms with E-state index in [9.17, 15) is 13.6 Å². The van der Waals surface area contributed by atoms with Crippen LogP contribution in [0, 0.1) is 11.6 Å². The summed E-state index contributed by atoms with van der Waals surface area (Å²) in [5, 5.41) is 2.61. The third-order valence-electron chi connectivity index (χ3n) is 3.46. The summed E-state index contributed by atoms with van der Waals surface area (Å²) in [5.41, 5.74) is 0.951. The van der Waals surface area contributed by atoms with Crippen LogP contribution in [0.3, 0.4) is 0 Å². The molecule has 0 aliphatic carbocycles. The molecule has 0 spiro atoms. The zero-order valence-electron chi connectivity index (χ0n) is 13.3. The van der Waals surface area contributed by atoms with Crippen molar-refractivity contribution in [2.24, 2.45) is 0 Å². The van der Waals surface area contributed by atoms with E-state index in [2.05, 4.69) is 21.9 Å². The number of nitrogens with one attached hydrogen (secondary N) is 1. The molecule has 9 heteroatoms. The average molecular weight is 348 g/mol. The van der Waals surface area contributed by atoms with Gasteiger partial charge in [-0.3, -0.25) is 4.90 Å². The van der Waals surface area contributed by atoms with Gasteiger partial charge in [0.1, 0.15) is 11.5 Å². The second kappa shape index (κ2) is 6.71. The number of carbonyl (C=O) groups is 1. The predicted octanol–water partition coefficient (Wildman–Crippen LogP) is 2.99. The molecule has 0 saturated carbocycles. The maximum atomic E-state index is 13.7. The van der Waals surface area contributed by atoms with Crippen molar-refractivity contribution in [1.29, 1.82) is 0 Å². The van der Waals surface area contributed by atoms with Gasteiger partial charge in [0.25, 0.3) is 0 Å². The molecular weight excluding hydrogens is 334 g/mol. The molecule has 0 radical (unpaired) electrons. The van der Waals surface area contributed by atoms with E-state index in [-0.39, 0.29) is 23.7 Å². The first kappa shape index (κ1) is 16.6. The van der Waals surface area contributed by atoms with E-state index >= 15 is 0 Å². The van der Waals surface area contributed by atoms with Gasteiger partial charge in [0, 0.05) is 24.7 Å². The topological polar surface area (TPSA) is 76.6 Å². The fourth-order valence-corrected chi connectivity index (χ4v) is 2.24. The Labute approximate surface area is 141 Å². The Morgan fingerprint density at radius 2 is 2.16 bits per heavy atom. The fraction of sp³-hybridized carbons (Fsp3) is 0.188. The van der Waals surface area contributed by atoms with Crippen molar-refractivity contribution in [3.05, 3.63) is 48.3 Å². The maximum Gasteiger partial charge on any atom is 0.326 e. The SMILES string of the molecule is C=C1CCN(c2cnc(Oc3ccc(F)cc3F)nc2OC)C(=O)N1. The van der Waals surface area contributed by atoms with E-state index in [4.69, 9.17) is 9.47 Å². The summed E-state index contributed by atoms with van der Waals surface area (Å²) in [6.07, 6.45) is 1.89. The van der Waals surface area contributed by atoms with Gasteiger partial charge < -0.3 is 14.8 Å². The minimum absolute atomic E-state index is 0.0789. The van der Waals surface area contributed by atoms with Crippen LogP contribution in [-0.2, 0) is 0 Å². The minimum atomic E-state index is -0.888. The normalized spacial score (nSPS) is 14.3. The van der Waals surface area contributed by atoms with E-state index in [0.29, 0.717) is 30.4 Å². The third kappa shape index (κ3) is 3.49. The van der Waals surface area contributed by atoms with E-state index in [1.165, 1.54) is 18.2 Å². The van der Waals surface area contributed by atoms with Crippen molar-refractivity contribution < 1.29 is 23.0 Å². The molecule has 3 rings (SSSR count). The van der Waals surface area contributed by atoms with Gasteiger partial charge in [0.15, 0.2) is 11.6 Å². The molecule has 1 aliphatic rings. The Balaban J connectivity index is 1.87. The molecule has 2 amide bonds. The van der Waals surface area contributed by atoms with Crippen molar-refractivity contribution in [2.75, 3.05) is 18.6 Å². The third-order valence-corrected chi connectivity index (χ3v) is 3.46. The van der Waals surface area contributed by atoms with Crippen molar-refractivity contribution in [2.45, 2.75) is 6.42 Å². The van der Waals surface area contributed by atoms with Crippen LogP contribution in [0.1, 0.15) is 6.42 Å². The summed E-state index contributed by atoms with van der Waals surface area (Å²) >= 11 is 0. The smallest absolute Gasteiger partial charge is 0.326 e. The molecule has 1 N–H and O–H groups in total. The van der Waals surface area contributed by atoms with Gasteiger partial charge >= 0.3 is 12.0 Å². The molecule has 1 saturated heterocycles. The number of hydrogen-bond donors (Lipinski definition) is 1. The number of methoxy groups -OCH3 is 1. The number of benzene rings is 1. The van der Waals surface area contributed by atoms with Gasteiger partial charge in [-0.05, 0) is 12.1 Å². The Kier molecular flexibility index (Phi) is 4.46. The second-order valence-electron chi connectivity index (χ2n) is 5.16. The number of ether oxygens (including phenoxy) is 2. The van der Waals surface area contributed by atoms with Gasteiger partial charge in [-0.15, -0.1) is 0 Å². The molecule has 7 nitrogen and oxygen atoms in total. The Bertz CT molecular complexity index is 844. The van der Waals surface area contributed by atoms with Crippen molar-refractivity contribution >= 4 is 11.7 Å². The van der Waals surface area contributed by atoms with Gasteiger partial charge in [0.2, 0.25) is 5.88 Å². The monoisotopic (exact) mass is 348 g/mol. The number of rotatable bonds is 4. The van der Waals surface area contributed by atoms with Gasteiger partial charge in [-0.25, -0.2) is 18.6 Å². The van der Waals surface area contributed by atoms with Gasteiger partial charge in [-0.2, -0.15) is 4.98 Å². The largest absolute Gasteiger partial charge is 0.479 e. The highest BCUT2D eigenvalue weighted by atomic mass is 19.1.